The smallest absolute Gasteiger partial charge is 0.302 e. The van der Waals surface area contributed by atoms with Crippen LogP contribution in [-0.2, 0) is 14.0 Å². The first-order chi connectivity index (χ1) is 15.2. The molecule has 4 heteroatoms. The number of unbranched alkanes of at least 4 members (excludes halogenated alkanes) is 14. The topological polar surface area (TPSA) is 35.5 Å². The minimum atomic E-state index is -1.54. The molecule has 32 heavy (non-hydrogen) atoms. The highest BCUT2D eigenvalue weighted by Gasteiger charge is 2.36. The van der Waals surface area contributed by atoms with Crippen molar-refractivity contribution in [2.75, 3.05) is 13.2 Å². The van der Waals surface area contributed by atoms with E-state index in [-0.39, 0.29) is 5.97 Å². The third-order valence-corrected chi connectivity index (χ3v) is 11.3. The molecule has 0 spiro atoms. The van der Waals surface area contributed by atoms with Crippen molar-refractivity contribution in [1.29, 1.82) is 0 Å². The van der Waals surface area contributed by atoms with Crippen molar-refractivity contribution in [3.63, 3.8) is 0 Å². The predicted molar refractivity (Wildman–Crippen MR) is 143 cm³/mol. The predicted octanol–water partition coefficient (Wildman–Crippen LogP) is 9.37. The zero-order valence-electron chi connectivity index (χ0n) is 22.6. The lowest BCUT2D eigenvalue weighted by molar-refractivity contribution is -0.141. The van der Waals surface area contributed by atoms with Gasteiger partial charge in [0.05, 0.1) is 6.61 Å². The summed E-state index contributed by atoms with van der Waals surface area (Å²) in [5, 5.41) is 0.331. The average Bonchev–Trinajstić information content (AvgIpc) is 2.70. The maximum Gasteiger partial charge on any atom is 0.302 e. The number of ether oxygens (including phenoxy) is 1. The highest BCUT2D eigenvalue weighted by Crippen LogP contribution is 2.36. The number of rotatable bonds is 21. The average molecular weight is 469 g/mol. The zero-order valence-corrected chi connectivity index (χ0v) is 23.6. The Morgan fingerprint density at radius 3 is 1.44 bits per heavy atom. The normalized spacial score (nSPS) is 12.6. The Bertz CT molecular complexity index is 466. The number of carbonyl (C=O) groups excluding carboxylic acids is 1. The van der Waals surface area contributed by atoms with Crippen molar-refractivity contribution in [3.8, 4) is 0 Å². The lowest BCUT2D eigenvalue weighted by atomic mass is 10.1. The second kappa shape index (κ2) is 19.8. The van der Waals surface area contributed by atoms with E-state index in [1.165, 1.54) is 103 Å². The lowest BCUT2D eigenvalue weighted by Crippen LogP contribution is -2.40. The second-order valence-electron chi connectivity index (χ2n) is 10.9. The Balaban J connectivity index is 3.25. The molecular formula is C28H56O3Si. The largest absolute Gasteiger partial charge is 0.466 e. The fourth-order valence-corrected chi connectivity index (χ4v) is 4.58. The molecule has 0 heterocycles. The third kappa shape index (κ3) is 20.0. The van der Waals surface area contributed by atoms with E-state index in [2.05, 4.69) is 46.0 Å². The lowest BCUT2D eigenvalue weighted by Gasteiger charge is -2.36. The maximum atomic E-state index is 10.7. The molecule has 0 aliphatic carbocycles. The van der Waals surface area contributed by atoms with Crippen molar-refractivity contribution < 1.29 is 14.0 Å². The standard InChI is InChI=1S/C28H56O3Si/c1-27(29)30-25-23-21-19-17-15-13-11-9-7-8-10-12-14-16-18-20-22-24-26-31-32(5,6)28(2,3)4/h9,11H,7-8,10,12-26H2,1-6H3. The van der Waals surface area contributed by atoms with Crippen LogP contribution < -0.4 is 0 Å². The van der Waals surface area contributed by atoms with Crippen LogP contribution in [0.2, 0.25) is 18.1 Å². The van der Waals surface area contributed by atoms with Crippen molar-refractivity contribution in [1.82, 2.24) is 0 Å². The molecule has 0 unspecified atom stereocenters. The van der Waals surface area contributed by atoms with Gasteiger partial charge in [0.25, 0.3) is 0 Å². The van der Waals surface area contributed by atoms with Crippen molar-refractivity contribution >= 4 is 14.3 Å². The van der Waals surface area contributed by atoms with Gasteiger partial charge in [0.1, 0.15) is 0 Å². The fourth-order valence-electron chi connectivity index (χ4n) is 3.49. The van der Waals surface area contributed by atoms with Crippen LogP contribution in [-0.4, -0.2) is 27.5 Å². The van der Waals surface area contributed by atoms with E-state index >= 15 is 0 Å². The van der Waals surface area contributed by atoms with Gasteiger partial charge in [-0.25, -0.2) is 0 Å². The molecule has 0 rings (SSSR count). The van der Waals surface area contributed by atoms with Gasteiger partial charge in [-0.3, -0.25) is 4.79 Å². The SMILES string of the molecule is CC(=O)OCCCCCCCC=CCCCCCCCCCCCO[Si](C)(C)C(C)(C)C. The number of esters is 1. The maximum absolute atomic E-state index is 10.7. The highest BCUT2D eigenvalue weighted by molar-refractivity contribution is 6.74. The summed E-state index contributed by atoms with van der Waals surface area (Å²) in [5.74, 6) is -0.163. The molecule has 0 fully saturated rings. The van der Waals surface area contributed by atoms with Gasteiger partial charge in [-0.1, -0.05) is 97.1 Å². The van der Waals surface area contributed by atoms with Gasteiger partial charge in [0.2, 0.25) is 0 Å². The van der Waals surface area contributed by atoms with E-state index in [0.29, 0.717) is 11.6 Å². The molecule has 0 aromatic carbocycles. The number of hydrogen-bond acceptors (Lipinski definition) is 3. The number of allylic oxidation sites excluding steroid dienone is 2. The van der Waals surface area contributed by atoms with E-state index < -0.39 is 8.32 Å². The fraction of sp³-hybridized carbons (Fsp3) is 0.893. The van der Waals surface area contributed by atoms with E-state index in [1.807, 2.05) is 0 Å². The van der Waals surface area contributed by atoms with E-state index in [0.717, 1.165) is 13.0 Å². The summed E-state index contributed by atoms with van der Waals surface area (Å²) in [4.78, 5) is 10.7. The van der Waals surface area contributed by atoms with Gasteiger partial charge in [0.15, 0.2) is 8.32 Å². The first-order valence-corrected chi connectivity index (χ1v) is 16.5. The Labute approximate surface area is 202 Å². The van der Waals surface area contributed by atoms with Crippen LogP contribution in [0.4, 0.5) is 0 Å². The van der Waals surface area contributed by atoms with Crippen LogP contribution in [0.15, 0.2) is 12.2 Å². The summed E-state index contributed by atoms with van der Waals surface area (Å²) in [6.45, 7) is 14.7. The van der Waals surface area contributed by atoms with Crippen LogP contribution in [0.1, 0.15) is 130 Å². The Morgan fingerprint density at radius 1 is 0.656 bits per heavy atom. The van der Waals surface area contributed by atoms with E-state index in [4.69, 9.17) is 9.16 Å². The van der Waals surface area contributed by atoms with Gasteiger partial charge in [-0.15, -0.1) is 0 Å². The summed E-state index contributed by atoms with van der Waals surface area (Å²) in [5.41, 5.74) is 0. The Morgan fingerprint density at radius 2 is 1.03 bits per heavy atom. The number of carbonyl (C=O) groups is 1. The van der Waals surface area contributed by atoms with Crippen molar-refractivity contribution in [3.05, 3.63) is 12.2 Å². The molecule has 0 amide bonds. The Kier molecular flexibility index (Phi) is 19.4. The van der Waals surface area contributed by atoms with Crippen LogP contribution in [0.3, 0.4) is 0 Å². The second-order valence-corrected chi connectivity index (χ2v) is 15.8. The zero-order chi connectivity index (χ0) is 24.1. The van der Waals surface area contributed by atoms with Gasteiger partial charge >= 0.3 is 5.97 Å². The van der Waals surface area contributed by atoms with E-state index in [9.17, 15) is 4.79 Å². The molecule has 0 radical (unpaired) electrons. The molecule has 0 bridgehead atoms. The minimum Gasteiger partial charge on any atom is -0.466 e. The minimum absolute atomic E-state index is 0.163. The summed E-state index contributed by atoms with van der Waals surface area (Å²) < 4.78 is 11.2. The summed E-state index contributed by atoms with van der Waals surface area (Å²) >= 11 is 0. The van der Waals surface area contributed by atoms with Crippen molar-refractivity contribution in [2.24, 2.45) is 0 Å². The monoisotopic (exact) mass is 468 g/mol. The van der Waals surface area contributed by atoms with Gasteiger partial charge in [-0.05, 0) is 56.7 Å². The molecule has 0 aromatic heterocycles. The van der Waals surface area contributed by atoms with E-state index in [1.54, 1.807) is 0 Å². The summed E-state index contributed by atoms with van der Waals surface area (Å²) in [6.07, 6.45) is 25.5. The third-order valence-electron chi connectivity index (χ3n) is 6.77. The quantitative estimate of drug-likeness (QED) is 0.0728. The molecule has 0 saturated heterocycles. The van der Waals surface area contributed by atoms with Gasteiger partial charge in [-0.2, -0.15) is 0 Å². The highest BCUT2D eigenvalue weighted by atomic mass is 28.4. The van der Waals surface area contributed by atoms with Crippen LogP contribution in [0.5, 0.6) is 0 Å². The summed E-state index contributed by atoms with van der Waals surface area (Å²) in [7, 11) is -1.54. The van der Waals surface area contributed by atoms with Gasteiger partial charge in [0, 0.05) is 13.5 Å². The van der Waals surface area contributed by atoms with Crippen molar-refractivity contribution in [2.45, 2.75) is 149 Å². The molecule has 3 nitrogen and oxygen atoms in total. The first-order valence-electron chi connectivity index (χ1n) is 13.6. The number of hydrogen-bond donors (Lipinski definition) is 0. The Hall–Kier alpha value is -0.613. The molecule has 0 atom stereocenters. The van der Waals surface area contributed by atoms with Crippen LogP contribution >= 0.6 is 0 Å². The molecule has 0 N–H and O–H groups in total. The van der Waals surface area contributed by atoms with Gasteiger partial charge < -0.3 is 9.16 Å². The van der Waals surface area contributed by atoms with Crippen LogP contribution in [0, 0.1) is 0 Å². The van der Waals surface area contributed by atoms with Crippen LogP contribution in [0.25, 0.3) is 0 Å². The molecule has 0 saturated carbocycles. The summed E-state index contributed by atoms with van der Waals surface area (Å²) in [6, 6.07) is 0. The molecule has 0 aromatic rings. The molecule has 0 aliphatic heterocycles. The first kappa shape index (κ1) is 31.4. The molecule has 0 aliphatic rings. The molecular weight excluding hydrogens is 412 g/mol. The molecule has 190 valence electrons.